The molecule has 0 amide bonds. The predicted molar refractivity (Wildman–Crippen MR) is 244 cm³/mol. The second-order valence-corrected chi connectivity index (χ2v) is 18.9. The van der Waals surface area contributed by atoms with Gasteiger partial charge >= 0.3 is 0 Å². The number of aromatic nitrogens is 3. The van der Waals surface area contributed by atoms with Crippen molar-refractivity contribution in [3.8, 4) is 5.75 Å². The fraction of sp³-hybridized carbons (Fsp3) is 0. The molecule has 1 heterocycles. The van der Waals surface area contributed by atoms with E-state index in [9.17, 15) is 47.9 Å². The summed E-state index contributed by atoms with van der Waals surface area (Å²) in [7, 11) is -18.7. The summed E-state index contributed by atoms with van der Waals surface area (Å²) < 4.78 is 126. The summed E-state index contributed by atoms with van der Waals surface area (Å²) in [6.07, 6.45) is 0. The van der Waals surface area contributed by atoms with E-state index in [0.717, 1.165) is 30.3 Å². The first-order chi connectivity index (χ1) is 30.1. The number of para-hydroxylation sites is 1. The SMILES string of the molecule is NS(=O)(=O)c1cccc(N=c2[nH]c(Nc3ccc4c(O)c(N=Nc5ccc(N=Nc6ccc(S(=O)(=O)O)cc6)cc5S(=O)(=O)O)c(S(=O)(=O)O)cc4c3)nc(=Nc3ccccc3)[nH]2)c1.[Na].[Na].[Na]. The van der Waals surface area contributed by atoms with E-state index in [2.05, 4.69) is 50.7 Å². The van der Waals surface area contributed by atoms with Crippen LogP contribution in [0.4, 0.5) is 45.8 Å². The Bertz CT molecular complexity index is 3680. The number of rotatable bonds is 12. The zero-order valence-corrected chi connectivity index (χ0v) is 44.2. The van der Waals surface area contributed by atoms with Crippen molar-refractivity contribution < 1.29 is 52.4 Å². The molecular weight excluding hydrogens is 988 g/mol. The van der Waals surface area contributed by atoms with Crippen LogP contribution in [-0.2, 0) is 40.4 Å². The summed E-state index contributed by atoms with van der Waals surface area (Å²) in [5, 5.41) is 34.8. The third kappa shape index (κ3) is 14.3. The molecule has 1 aromatic heterocycles. The third-order valence-corrected chi connectivity index (χ3v) is 12.1. The average Bonchev–Trinajstić information content (AvgIpc) is 3.22. The number of hydrogen-bond donors (Lipinski definition) is 8. The Morgan fingerprint density at radius 2 is 1.19 bits per heavy atom. The summed E-state index contributed by atoms with van der Waals surface area (Å²) in [5.41, 5.74) is -0.367. The molecule has 9 N–H and O–H groups in total. The van der Waals surface area contributed by atoms with Crippen molar-refractivity contribution in [1.82, 2.24) is 15.0 Å². The number of anilines is 2. The first-order valence-corrected chi connectivity index (χ1v) is 23.5. The minimum absolute atomic E-state index is 0. The van der Waals surface area contributed by atoms with Crippen LogP contribution < -0.4 is 21.7 Å². The summed E-state index contributed by atoms with van der Waals surface area (Å²) >= 11 is 0. The van der Waals surface area contributed by atoms with E-state index in [1.165, 1.54) is 60.7 Å². The Labute approximate surface area is 446 Å². The molecule has 23 nitrogen and oxygen atoms in total. The molecule has 0 unspecified atom stereocenters. The van der Waals surface area contributed by atoms with Gasteiger partial charge in [0.25, 0.3) is 30.4 Å². The maximum atomic E-state index is 12.7. The van der Waals surface area contributed by atoms with Gasteiger partial charge in [0.15, 0.2) is 5.75 Å². The molecule has 0 saturated carbocycles. The molecule has 0 spiro atoms. The van der Waals surface area contributed by atoms with Gasteiger partial charge in [0.2, 0.25) is 27.2 Å². The normalized spacial score (nSPS) is 12.7. The van der Waals surface area contributed by atoms with Crippen LogP contribution in [0, 0.1) is 0 Å². The largest absolute Gasteiger partial charge is 0.505 e. The van der Waals surface area contributed by atoms with Gasteiger partial charge < -0.3 is 10.4 Å². The quantitative estimate of drug-likeness (QED) is 0.0460. The van der Waals surface area contributed by atoms with E-state index in [4.69, 9.17) is 9.69 Å². The van der Waals surface area contributed by atoms with Crippen LogP contribution in [0.25, 0.3) is 10.8 Å². The summed E-state index contributed by atoms with van der Waals surface area (Å²) in [5.74, 6) is -0.778. The molecule has 0 aliphatic carbocycles. The Kier molecular flexibility index (Phi) is 18.4. The second-order valence-electron chi connectivity index (χ2n) is 13.1. The van der Waals surface area contributed by atoms with Crippen molar-refractivity contribution in [2.75, 3.05) is 5.32 Å². The van der Waals surface area contributed by atoms with Gasteiger partial charge in [-0.15, -0.1) is 10.2 Å². The van der Waals surface area contributed by atoms with Gasteiger partial charge in [0, 0.05) is 99.7 Å². The number of nitrogens with two attached hydrogens (primary N) is 1. The number of aromatic amines is 2. The van der Waals surface area contributed by atoms with Gasteiger partial charge in [-0.2, -0.15) is 40.5 Å². The van der Waals surface area contributed by atoms with Crippen LogP contribution in [0.1, 0.15) is 0 Å². The molecule has 30 heteroatoms. The minimum Gasteiger partial charge on any atom is -0.505 e. The molecule has 0 atom stereocenters. The molecule has 0 bridgehead atoms. The number of hydrogen-bond acceptors (Lipinski definition) is 17. The molecule has 0 fully saturated rings. The van der Waals surface area contributed by atoms with Gasteiger partial charge in [-0.25, -0.2) is 23.5 Å². The van der Waals surface area contributed by atoms with Crippen molar-refractivity contribution in [2.24, 2.45) is 35.6 Å². The number of sulfonamides is 1. The maximum Gasteiger partial charge on any atom is 0.296 e. The van der Waals surface area contributed by atoms with Gasteiger partial charge in [-0.1, -0.05) is 24.3 Å². The molecule has 7 rings (SSSR count). The van der Waals surface area contributed by atoms with Crippen LogP contribution in [0.15, 0.2) is 171 Å². The van der Waals surface area contributed by atoms with Gasteiger partial charge in [-0.3, -0.25) is 23.6 Å². The van der Waals surface area contributed by atoms with Crippen molar-refractivity contribution in [3.63, 3.8) is 0 Å². The fourth-order valence-electron chi connectivity index (χ4n) is 5.68. The minimum atomic E-state index is -5.17. The molecule has 6 aromatic carbocycles. The van der Waals surface area contributed by atoms with E-state index in [0.29, 0.717) is 5.69 Å². The van der Waals surface area contributed by atoms with E-state index in [1.54, 1.807) is 30.3 Å². The number of fused-ring (bicyclic) bond motifs is 1. The maximum absolute atomic E-state index is 12.7. The van der Waals surface area contributed by atoms with Crippen LogP contribution >= 0.6 is 0 Å². The van der Waals surface area contributed by atoms with Crippen molar-refractivity contribution >= 4 is 186 Å². The number of primary sulfonamides is 1. The van der Waals surface area contributed by atoms with E-state index >= 15 is 0 Å². The molecule has 0 saturated heterocycles. The first kappa shape index (κ1) is 55.2. The zero-order valence-electron chi connectivity index (χ0n) is 34.9. The van der Waals surface area contributed by atoms with Crippen LogP contribution in [0.2, 0.25) is 0 Å². The van der Waals surface area contributed by atoms with Crippen LogP contribution in [0.5, 0.6) is 5.75 Å². The number of benzene rings is 6. The van der Waals surface area contributed by atoms with E-state index in [-0.39, 0.29) is 144 Å². The molecule has 331 valence electrons. The van der Waals surface area contributed by atoms with Crippen molar-refractivity contribution in [1.29, 1.82) is 0 Å². The molecular formula is C37H29N11Na3O12S4. The fourth-order valence-corrected chi connectivity index (χ4v) is 8.01. The Balaban J connectivity index is 0.00000327. The molecule has 0 aliphatic heterocycles. The van der Waals surface area contributed by atoms with Gasteiger partial charge in [-0.05, 0) is 102 Å². The number of H-pyrrole nitrogens is 2. The topological polar surface area (TPSA) is 374 Å². The molecule has 3 radical (unpaired) electrons. The summed E-state index contributed by atoms with van der Waals surface area (Å²) in [6.45, 7) is 0. The van der Waals surface area contributed by atoms with Crippen molar-refractivity contribution in [3.05, 3.63) is 133 Å². The average molecular weight is 1020 g/mol. The zero-order chi connectivity index (χ0) is 46.0. The third-order valence-electron chi connectivity index (χ3n) is 8.55. The van der Waals surface area contributed by atoms with E-state index < -0.39 is 72.2 Å². The Hall–Kier alpha value is -4.37. The number of nitrogens with one attached hydrogen (secondary N) is 3. The predicted octanol–water partition coefficient (Wildman–Crippen LogP) is 4.88. The number of phenolic OH excluding ortho intramolecular Hbond substituents is 1. The molecule has 0 aliphatic rings. The van der Waals surface area contributed by atoms with Crippen LogP contribution in [0.3, 0.4) is 0 Å². The number of aromatic hydroxyl groups is 1. The van der Waals surface area contributed by atoms with Gasteiger partial charge in [0.05, 0.1) is 32.5 Å². The second kappa shape index (κ2) is 22.4. The molecule has 7 aromatic rings. The van der Waals surface area contributed by atoms with Crippen molar-refractivity contribution in [2.45, 2.75) is 19.6 Å². The summed E-state index contributed by atoms with van der Waals surface area (Å²) in [6, 6.07) is 26.9. The van der Waals surface area contributed by atoms with Crippen LogP contribution in [-0.4, -0.2) is 156 Å². The van der Waals surface area contributed by atoms with E-state index in [1.807, 2.05) is 0 Å². The first-order valence-electron chi connectivity index (χ1n) is 17.6. The van der Waals surface area contributed by atoms with Gasteiger partial charge in [0.1, 0.15) is 21.2 Å². The monoisotopic (exact) mass is 1020 g/mol. The number of nitrogens with zero attached hydrogens (tertiary/aromatic N) is 7. The number of phenols is 1. The standard InChI is InChI=1S/C37H29N11O12S4.3Na/c38-61(50,51)28-8-4-7-24(19-28)40-36-42-35(39-22-5-2-1-3-6-22)43-37(44-36)41-25-11-15-29-21(17-25)18-32(64(58,59)60)33(34(29)49)48-47-30-16-12-26(20-31(30)63(55,56)57)46-45-23-9-13-27(14-10-23)62(52,53)54;;;/h1-20,49H,(H2,38,50,51)(H,52,53,54)(H,55,56,57)(H,58,59,60)(H3,39,40,41,42,43,44);;;. The Morgan fingerprint density at radius 1 is 0.552 bits per heavy atom. The Morgan fingerprint density at radius 3 is 1.84 bits per heavy atom. The molecule has 67 heavy (non-hydrogen) atoms. The number of azo groups is 2. The smallest absolute Gasteiger partial charge is 0.296 e. The summed E-state index contributed by atoms with van der Waals surface area (Å²) in [4.78, 5) is 16.7.